The Balaban J connectivity index is 2.27. The predicted octanol–water partition coefficient (Wildman–Crippen LogP) is 1.30. The first-order valence-corrected chi connectivity index (χ1v) is 4.90. The Morgan fingerprint density at radius 2 is 2.35 bits per heavy atom. The first-order valence-electron chi connectivity index (χ1n) is 4.90. The summed E-state index contributed by atoms with van der Waals surface area (Å²) in [6, 6.07) is 2.63. The van der Waals surface area contributed by atoms with Crippen molar-refractivity contribution in [2.24, 2.45) is 5.73 Å². The lowest BCUT2D eigenvalue weighted by Gasteiger charge is -1.98. The van der Waals surface area contributed by atoms with E-state index < -0.39 is 4.92 Å². The smallest absolute Gasteiger partial charge is 0.395 e. The largest absolute Gasteiger partial charge is 0.433 e. The van der Waals surface area contributed by atoms with Crippen molar-refractivity contribution in [1.29, 1.82) is 0 Å². The van der Waals surface area contributed by atoms with Crippen molar-refractivity contribution in [3.05, 3.63) is 28.1 Å². The maximum Gasteiger partial charge on any atom is 0.433 e. The SMILES string of the molecule is CC(CN)c1noc(-c2ccc([N+](=O)[O-])o2)n1. The van der Waals surface area contributed by atoms with E-state index in [9.17, 15) is 10.1 Å². The summed E-state index contributed by atoms with van der Waals surface area (Å²) in [5, 5.41) is 14.2. The van der Waals surface area contributed by atoms with E-state index in [0.29, 0.717) is 12.4 Å². The molecule has 0 aromatic carbocycles. The monoisotopic (exact) mass is 238 g/mol. The summed E-state index contributed by atoms with van der Waals surface area (Å²) in [4.78, 5) is 13.8. The fourth-order valence-electron chi connectivity index (χ4n) is 1.18. The van der Waals surface area contributed by atoms with Crippen LogP contribution in [0.2, 0.25) is 0 Å². The number of furan rings is 1. The summed E-state index contributed by atoms with van der Waals surface area (Å²) < 4.78 is 9.86. The van der Waals surface area contributed by atoms with Gasteiger partial charge < -0.3 is 14.7 Å². The van der Waals surface area contributed by atoms with Crippen molar-refractivity contribution in [3.8, 4) is 11.7 Å². The molecule has 2 aromatic rings. The summed E-state index contributed by atoms with van der Waals surface area (Å²) in [5.41, 5.74) is 5.46. The van der Waals surface area contributed by atoms with Crippen LogP contribution in [0.15, 0.2) is 21.1 Å². The molecule has 17 heavy (non-hydrogen) atoms. The molecule has 1 atom stereocenters. The van der Waals surface area contributed by atoms with Crippen molar-refractivity contribution in [2.45, 2.75) is 12.8 Å². The second-order valence-electron chi connectivity index (χ2n) is 3.49. The molecule has 0 spiro atoms. The van der Waals surface area contributed by atoms with Gasteiger partial charge in [0.2, 0.25) is 0 Å². The zero-order valence-corrected chi connectivity index (χ0v) is 8.99. The van der Waals surface area contributed by atoms with Crippen molar-refractivity contribution in [3.63, 3.8) is 0 Å². The van der Waals surface area contributed by atoms with Crippen LogP contribution >= 0.6 is 0 Å². The first kappa shape index (κ1) is 11.3. The minimum Gasteiger partial charge on any atom is -0.395 e. The van der Waals surface area contributed by atoms with Crippen LogP contribution < -0.4 is 5.73 Å². The van der Waals surface area contributed by atoms with E-state index in [4.69, 9.17) is 14.7 Å². The highest BCUT2D eigenvalue weighted by Crippen LogP contribution is 2.25. The molecule has 2 aromatic heterocycles. The van der Waals surface area contributed by atoms with Crippen molar-refractivity contribution < 1.29 is 13.9 Å². The lowest BCUT2D eigenvalue weighted by atomic mass is 10.2. The third-order valence-corrected chi connectivity index (χ3v) is 2.22. The molecule has 0 saturated carbocycles. The lowest BCUT2D eigenvalue weighted by Crippen LogP contribution is -2.10. The summed E-state index contributed by atoms with van der Waals surface area (Å²) in [6.07, 6.45) is 0. The Bertz CT molecular complexity index is 533. The number of aromatic nitrogens is 2. The number of hydrogen-bond acceptors (Lipinski definition) is 7. The van der Waals surface area contributed by atoms with E-state index >= 15 is 0 Å². The number of hydrogen-bond donors (Lipinski definition) is 1. The van der Waals surface area contributed by atoms with Gasteiger partial charge in [-0.2, -0.15) is 4.98 Å². The number of nitrogens with zero attached hydrogens (tertiary/aromatic N) is 3. The summed E-state index contributed by atoms with van der Waals surface area (Å²) >= 11 is 0. The molecule has 0 amide bonds. The Kier molecular flexibility index (Phi) is 2.88. The number of rotatable bonds is 4. The van der Waals surface area contributed by atoms with Crippen LogP contribution in [-0.2, 0) is 0 Å². The van der Waals surface area contributed by atoms with Crippen molar-refractivity contribution in [2.75, 3.05) is 6.54 Å². The van der Waals surface area contributed by atoms with Gasteiger partial charge in [0.05, 0.1) is 6.07 Å². The molecule has 2 heterocycles. The summed E-state index contributed by atoms with van der Waals surface area (Å²) in [6.45, 7) is 2.23. The maximum absolute atomic E-state index is 10.4. The van der Waals surface area contributed by atoms with E-state index in [-0.39, 0.29) is 23.5 Å². The van der Waals surface area contributed by atoms with Crippen LogP contribution in [0.4, 0.5) is 5.88 Å². The summed E-state index contributed by atoms with van der Waals surface area (Å²) in [5.74, 6) is 0.304. The third-order valence-electron chi connectivity index (χ3n) is 2.22. The summed E-state index contributed by atoms with van der Waals surface area (Å²) in [7, 11) is 0. The predicted molar refractivity (Wildman–Crippen MR) is 56.1 cm³/mol. The van der Waals surface area contributed by atoms with E-state index in [2.05, 4.69) is 10.1 Å². The van der Waals surface area contributed by atoms with Gasteiger partial charge in [-0.05, 0) is 6.07 Å². The van der Waals surface area contributed by atoms with Gasteiger partial charge in [-0.15, -0.1) is 0 Å². The molecule has 0 fully saturated rings. The fourth-order valence-corrected chi connectivity index (χ4v) is 1.18. The second-order valence-corrected chi connectivity index (χ2v) is 3.49. The molecule has 0 aliphatic heterocycles. The normalized spacial score (nSPS) is 12.6. The molecule has 0 aliphatic rings. The standard InChI is InChI=1S/C9H10N4O4/c1-5(4-10)8-11-9(17-12-8)6-2-3-7(16-6)13(14)15/h2-3,5H,4,10H2,1H3. The molecule has 2 rings (SSSR count). The molecule has 90 valence electrons. The highest BCUT2D eigenvalue weighted by molar-refractivity contribution is 5.46. The fraction of sp³-hybridized carbons (Fsp3) is 0.333. The van der Waals surface area contributed by atoms with Gasteiger partial charge >= 0.3 is 5.88 Å². The van der Waals surface area contributed by atoms with Gasteiger partial charge in [-0.1, -0.05) is 12.1 Å². The van der Waals surface area contributed by atoms with Crippen LogP contribution in [0.5, 0.6) is 0 Å². The average molecular weight is 238 g/mol. The van der Waals surface area contributed by atoms with Crippen LogP contribution in [0, 0.1) is 10.1 Å². The van der Waals surface area contributed by atoms with Gasteiger partial charge in [0.15, 0.2) is 11.6 Å². The lowest BCUT2D eigenvalue weighted by molar-refractivity contribution is -0.401. The van der Waals surface area contributed by atoms with Gasteiger partial charge in [0, 0.05) is 12.5 Å². The first-order chi connectivity index (χ1) is 8.11. The molecular formula is C9H10N4O4. The zero-order chi connectivity index (χ0) is 12.4. The van der Waals surface area contributed by atoms with Gasteiger partial charge in [-0.3, -0.25) is 10.1 Å². The molecule has 2 N–H and O–H groups in total. The van der Waals surface area contributed by atoms with E-state index in [1.165, 1.54) is 12.1 Å². The Labute approximate surface area is 95.6 Å². The van der Waals surface area contributed by atoms with Crippen LogP contribution in [0.1, 0.15) is 18.7 Å². The molecule has 8 heteroatoms. The molecule has 0 aliphatic carbocycles. The third kappa shape index (κ3) is 2.16. The topological polar surface area (TPSA) is 121 Å². The van der Waals surface area contributed by atoms with Crippen molar-refractivity contribution in [1.82, 2.24) is 10.1 Å². The molecule has 0 bridgehead atoms. The van der Waals surface area contributed by atoms with Gasteiger partial charge in [0.1, 0.15) is 4.92 Å². The zero-order valence-electron chi connectivity index (χ0n) is 8.99. The Hall–Kier alpha value is -2.22. The highest BCUT2D eigenvalue weighted by Gasteiger charge is 2.19. The molecule has 0 saturated heterocycles. The van der Waals surface area contributed by atoms with Crippen LogP contribution in [0.25, 0.3) is 11.7 Å². The van der Waals surface area contributed by atoms with E-state index in [1.807, 2.05) is 6.92 Å². The molecule has 8 nitrogen and oxygen atoms in total. The quantitative estimate of drug-likeness (QED) is 0.629. The minimum atomic E-state index is -0.636. The minimum absolute atomic E-state index is 0.0440. The molecular weight excluding hydrogens is 228 g/mol. The Morgan fingerprint density at radius 3 is 2.94 bits per heavy atom. The number of nitrogens with two attached hydrogens (primary N) is 1. The Morgan fingerprint density at radius 1 is 1.59 bits per heavy atom. The average Bonchev–Trinajstić information content (AvgIpc) is 2.95. The molecule has 1 unspecified atom stereocenters. The van der Waals surface area contributed by atoms with Crippen LogP contribution in [0.3, 0.4) is 0 Å². The van der Waals surface area contributed by atoms with Crippen molar-refractivity contribution >= 4 is 5.88 Å². The van der Waals surface area contributed by atoms with Gasteiger partial charge in [-0.25, -0.2) is 0 Å². The van der Waals surface area contributed by atoms with Crippen LogP contribution in [-0.4, -0.2) is 21.6 Å². The van der Waals surface area contributed by atoms with E-state index in [0.717, 1.165) is 0 Å². The van der Waals surface area contributed by atoms with Gasteiger partial charge in [0.25, 0.3) is 5.89 Å². The maximum atomic E-state index is 10.4. The molecule has 0 radical (unpaired) electrons. The second kappa shape index (κ2) is 4.34. The van der Waals surface area contributed by atoms with E-state index in [1.54, 1.807) is 0 Å². The highest BCUT2D eigenvalue weighted by atomic mass is 16.6. The number of nitro groups is 1.